The second-order valence-corrected chi connectivity index (χ2v) is 3.90. The van der Waals surface area contributed by atoms with Crippen LogP contribution in [0.3, 0.4) is 0 Å². The molecule has 0 aliphatic heterocycles. The quantitative estimate of drug-likeness (QED) is 0.721. The van der Waals surface area contributed by atoms with Gasteiger partial charge in [0, 0.05) is 5.38 Å². The first-order chi connectivity index (χ1) is 5.71. The number of amides is 1. The van der Waals surface area contributed by atoms with Crippen molar-refractivity contribution in [1.29, 1.82) is 0 Å². The third kappa shape index (κ3) is 1.35. The molecule has 0 aromatic carbocycles. The molecule has 1 aliphatic carbocycles. The van der Waals surface area contributed by atoms with Gasteiger partial charge in [-0.2, -0.15) is 11.3 Å². The summed E-state index contributed by atoms with van der Waals surface area (Å²) in [6.07, 6.45) is 1.62. The summed E-state index contributed by atoms with van der Waals surface area (Å²) in [6.45, 7) is 0. The lowest BCUT2D eigenvalue weighted by molar-refractivity contribution is -0.118. The molecule has 2 rings (SSSR count). The number of nitrogens with one attached hydrogen (secondary N) is 1. The topological polar surface area (TPSA) is 55.1 Å². The van der Waals surface area contributed by atoms with E-state index in [4.69, 9.17) is 5.73 Å². The van der Waals surface area contributed by atoms with E-state index in [1.54, 1.807) is 11.3 Å². The standard InChI is InChI=1S/C8H10N2OS/c9-8(2-3-8)7(11)10-6-1-4-12-5-6/h1,4-5H,2-3,9H2,(H,10,11). The first-order valence-electron chi connectivity index (χ1n) is 3.83. The number of hydrogen-bond donors (Lipinski definition) is 2. The zero-order valence-corrected chi connectivity index (χ0v) is 7.36. The van der Waals surface area contributed by atoms with Gasteiger partial charge in [0.1, 0.15) is 0 Å². The molecule has 0 atom stereocenters. The van der Waals surface area contributed by atoms with E-state index >= 15 is 0 Å². The fourth-order valence-corrected chi connectivity index (χ4v) is 1.54. The van der Waals surface area contributed by atoms with Gasteiger partial charge in [-0.1, -0.05) is 0 Å². The van der Waals surface area contributed by atoms with Crippen molar-refractivity contribution in [1.82, 2.24) is 0 Å². The Bertz CT molecular complexity index is 290. The van der Waals surface area contributed by atoms with Crippen LogP contribution in [0.15, 0.2) is 16.8 Å². The number of rotatable bonds is 2. The van der Waals surface area contributed by atoms with Gasteiger partial charge < -0.3 is 11.1 Å². The van der Waals surface area contributed by atoms with E-state index in [1.165, 1.54) is 0 Å². The minimum atomic E-state index is -0.568. The normalized spacial score (nSPS) is 18.8. The fraction of sp³-hybridized carbons (Fsp3) is 0.375. The second-order valence-electron chi connectivity index (χ2n) is 3.12. The van der Waals surface area contributed by atoms with E-state index in [0.29, 0.717) is 0 Å². The van der Waals surface area contributed by atoms with Gasteiger partial charge in [-0.05, 0) is 24.3 Å². The third-order valence-corrected chi connectivity index (χ3v) is 2.70. The Hall–Kier alpha value is -0.870. The zero-order chi connectivity index (χ0) is 8.60. The molecular formula is C8H10N2OS. The van der Waals surface area contributed by atoms with E-state index < -0.39 is 5.54 Å². The molecule has 1 aromatic rings. The van der Waals surface area contributed by atoms with Gasteiger partial charge in [0.05, 0.1) is 11.2 Å². The van der Waals surface area contributed by atoms with E-state index in [-0.39, 0.29) is 5.91 Å². The van der Waals surface area contributed by atoms with Crippen LogP contribution in [0, 0.1) is 0 Å². The van der Waals surface area contributed by atoms with Gasteiger partial charge in [-0.25, -0.2) is 0 Å². The van der Waals surface area contributed by atoms with Crippen molar-refractivity contribution in [3.05, 3.63) is 16.8 Å². The summed E-state index contributed by atoms with van der Waals surface area (Å²) in [5.74, 6) is -0.0547. The van der Waals surface area contributed by atoms with Crippen LogP contribution in [0.1, 0.15) is 12.8 Å². The predicted octanol–water partition coefficient (Wildman–Crippen LogP) is 1.18. The molecule has 1 aliphatic rings. The van der Waals surface area contributed by atoms with Crippen molar-refractivity contribution in [2.24, 2.45) is 5.73 Å². The van der Waals surface area contributed by atoms with Crippen LogP contribution in [0.5, 0.6) is 0 Å². The summed E-state index contributed by atoms with van der Waals surface area (Å²) in [6, 6.07) is 1.87. The van der Waals surface area contributed by atoms with Gasteiger partial charge in [-0.3, -0.25) is 4.79 Å². The van der Waals surface area contributed by atoms with E-state index in [2.05, 4.69) is 5.32 Å². The number of anilines is 1. The molecule has 1 amide bonds. The van der Waals surface area contributed by atoms with Crippen molar-refractivity contribution < 1.29 is 4.79 Å². The number of hydrogen-bond acceptors (Lipinski definition) is 3. The van der Waals surface area contributed by atoms with Gasteiger partial charge in [0.25, 0.3) is 0 Å². The van der Waals surface area contributed by atoms with Crippen LogP contribution < -0.4 is 11.1 Å². The Morgan fingerprint density at radius 1 is 1.67 bits per heavy atom. The van der Waals surface area contributed by atoms with Crippen LogP contribution in [0.2, 0.25) is 0 Å². The van der Waals surface area contributed by atoms with Crippen molar-refractivity contribution >= 4 is 22.9 Å². The van der Waals surface area contributed by atoms with Crippen LogP contribution in [0.25, 0.3) is 0 Å². The molecule has 3 N–H and O–H groups in total. The lowest BCUT2D eigenvalue weighted by Crippen LogP contribution is -2.37. The highest BCUT2D eigenvalue weighted by Crippen LogP contribution is 2.33. The molecule has 12 heavy (non-hydrogen) atoms. The SMILES string of the molecule is NC1(C(=O)Nc2ccsc2)CC1. The molecule has 0 radical (unpaired) electrons. The highest BCUT2D eigenvalue weighted by atomic mass is 32.1. The van der Waals surface area contributed by atoms with Gasteiger partial charge in [0.2, 0.25) is 5.91 Å². The molecule has 1 fully saturated rings. The summed E-state index contributed by atoms with van der Waals surface area (Å²) in [5.41, 5.74) is 5.98. The largest absolute Gasteiger partial charge is 0.324 e. The first-order valence-corrected chi connectivity index (χ1v) is 4.77. The van der Waals surface area contributed by atoms with E-state index in [1.807, 2.05) is 16.8 Å². The molecule has 64 valence electrons. The molecule has 4 heteroatoms. The van der Waals surface area contributed by atoms with Crippen LogP contribution in [-0.2, 0) is 4.79 Å². The Labute approximate surface area is 74.6 Å². The van der Waals surface area contributed by atoms with Crippen LogP contribution in [-0.4, -0.2) is 11.4 Å². The molecule has 0 bridgehead atoms. The van der Waals surface area contributed by atoms with Gasteiger partial charge in [0.15, 0.2) is 0 Å². The lowest BCUT2D eigenvalue weighted by Gasteiger charge is -2.07. The maximum atomic E-state index is 11.4. The smallest absolute Gasteiger partial charge is 0.244 e. The lowest BCUT2D eigenvalue weighted by atomic mass is 10.3. The fourth-order valence-electron chi connectivity index (χ4n) is 0.953. The second kappa shape index (κ2) is 2.57. The number of carbonyl (C=O) groups excluding carboxylic acids is 1. The van der Waals surface area contributed by atoms with Crippen molar-refractivity contribution in [2.75, 3.05) is 5.32 Å². The number of thiophene rings is 1. The molecule has 3 nitrogen and oxygen atoms in total. The third-order valence-electron chi connectivity index (χ3n) is 2.02. The highest BCUT2D eigenvalue weighted by Gasteiger charge is 2.45. The van der Waals surface area contributed by atoms with Crippen molar-refractivity contribution in [3.63, 3.8) is 0 Å². The van der Waals surface area contributed by atoms with E-state index in [9.17, 15) is 4.79 Å². The average Bonchev–Trinajstić information content (AvgIpc) is 2.63. The minimum absolute atomic E-state index is 0.0547. The maximum Gasteiger partial charge on any atom is 0.244 e. The van der Waals surface area contributed by atoms with Gasteiger partial charge in [-0.15, -0.1) is 0 Å². The minimum Gasteiger partial charge on any atom is -0.324 e. The molecule has 1 heterocycles. The summed E-state index contributed by atoms with van der Waals surface area (Å²) < 4.78 is 0. The predicted molar refractivity (Wildman–Crippen MR) is 49.1 cm³/mol. The van der Waals surface area contributed by atoms with Crippen LogP contribution in [0.4, 0.5) is 5.69 Å². The summed E-state index contributed by atoms with van der Waals surface area (Å²) in [4.78, 5) is 11.4. The summed E-state index contributed by atoms with van der Waals surface area (Å²) >= 11 is 1.56. The maximum absolute atomic E-state index is 11.4. The van der Waals surface area contributed by atoms with Crippen LogP contribution >= 0.6 is 11.3 Å². The summed E-state index contributed by atoms with van der Waals surface area (Å²) in [5, 5.41) is 6.59. The molecule has 0 unspecified atom stereocenters. The zero-order valence-electron chi connectivity index (χ0n) is 6.54. The molecule has 0 saturated heterocycles. The highest BCUT2D eigenvalue weighted by molar-refractivity contribution is 7.08. The number of nitrogens with two attached hydrogens (primary N) is 1. The first kappa shape index (κ1) is 7.76. The molecule has 0 spiro atoms. The van der Waals surface area contributed by atoms with Crippen molar-refractivity contribution in [2.45, 2.75) is 18.4 Å². The van der Waals surface area contributed by atoms with Crippen molar-refractivity contribution in [3.8, 4) is 0 Å². The molecular weight excluding hydrogens is 172 g/mol. The monoisotopic (exact) mass is 182 g/mol. The Morgan fingerprint density at radius 2 is 2.42 bits per heavy atom. The molecule has 1 saturated carbocycles. The van der Waals surface area contributed by atoms with E-state index in [0.717, 1.165) is 18.5 Å². The Kier molecular flexibility index (Phi) is 1.66. The Morgan fingerprint density at radius 3 is 2.92 bits per heavy atom. The number of carbonyl (C=O) groups is 1. The van der Waals surface area contributed by atoms with Gasteiger partial charge >= 0.3 is 0 Å². The average molecular weight is 182 g/mol. The Balaban J connectivity index is 2.00. The molecule has 1 aromatic heterocycles. The summed E-state index contributed by atoms with van der Waals surface area (Å²) in [7, 11) is 0.